The van der Waals surface area contributed by atoms with Crippen LogP contribution in [-0.4, -0.2) is 40.3 Å². The molecule has 2 fully saturated rings. The molecule has 0 spiro atoms. The van der Waals surface area contributed by atoms with Crippen LogP contribution in [0, 0.1) is 6.92 Å². The molecule has 2 amide bonds. The van der Waals surface area contributed by atoms with Gasteiger partial charge in [-0.3, -0.25) is 9.59 Å². The molecule has 1 aliphatic carbocycles. The van der Waals surface area contributed by atoms with Crippen molar-refractivity contribution in [3.05, 3.63) is 16.1 Å². The van der Waals surface area contributed by atoms with E-state index in [4.69, 9.17) is 0 Å². The van der Waals surface area contributed by atoms with Crippen molar-refractivity contribution >= 4 is 23.2 Å². The standard InChI is InChI=1S/C13H17N3O2S/c1-8-14-10(7-19-8)13(18)16-6-12(17)15-9-4-2-3-5-11(9)16/h7,9,11H,2-6H2,1H3,(H,15,17)/t9-,11-/m1/s1. The lowest BCUT2D eigenvalue weighted by atomic mass is 9.87. The molecule has 19 heavy (non-hydrogen) atoms. The van der Waals surface area contributed by atoms with Crippen LogP contribution < -0.4 is 5.32 Å². The van der Waals surface area contributed by atoms with Crippen molar-refractivity contribution in [3.63, 3.8) is 0 Å². The summed E-state index contributed by atoms with van der Waals surface area (Å²) in [5.74, 6) is -0.153. The van der Waals surface area contributed by atoms with Crippen molar-refractivity contribution < 1.29 is 9.59 Å². The fraction of sp³-hybridized carbons (Fsp3) is 0.615. The first-order chi connectivity index (χ1) is 9.15. The number of nitrogens with zero attached hydrogens (tertiary/aromatic N) is 2. The highest BCUT2D eigenvalue weighted by Gasteiger charge is 2.39. The third-order valence-electron chi connectivity index (χ3n) is 3.89. The number of fused-ring (bicyclic) bond motifs is 1. The van der Waals surface area contributed by atoms with Crippen LogP contribution >= 0.6 is 11.3 Å². The normalized spacial score (nSPS) is 26.8. The lowest BCUT2D eigenvalue weighted by Gasteiger charge is -2.43. The van der Waals surface area contributed by atoms with Crippen molar-refractivity contribution in [2.24, 2.45) is 0 Å². The lowest BCUT2D eigenvalue weighted by molar-refractivity contribution is -0.127. The van der Waals surface area contributed by atoms with E-state index in [1.165, 1.54) is 11.3 Å². The van der Waals surface area contributed by atoms with Crippen LogP contribution in [-0.2, 0) is 4.79 Å². The largest absolute Gasteiger partial charge is 0.350 e. The molecular weight excluding hydrogens is 262 g/mol. The van der Waals surface area contributed by atoms with E-state index >= 15 is 0 Å². The van der Waals surface area contributed by atoms with Gasteiger partial charge in [0.05, 0.1) is 11.0 Å². The van der Waals surface area contributed by atoms with Gasteiger partial charge in [0.1, 0.15) is 12.2 Å². The minimum Gasteiger partial charge on any atom is -0.350 e. The maximum Gasteiger partial charge on any atom is 0.274 e. The summed E-state index contributed by atoms with van der Waals surface area (Å²) in [6.45, 7) is 2.05. The molecule has 2 aliphatic rings. The Bertz CT molecular complexity index is 514. The van der Waals surface area contributed by atoms with Crippen molar-refractivity contribution in [1.29, 1.82) is 0 Å². The fourth-order valence-electron chi connectivity index (χ4n) is 3.01. The zero-order valence-electron chi connectivity index (χ0n) is 10.9. The molecule has 0 unspecified atom stereocenters. The first-order valence-electron chi connectivity index (χ1n) is 6.67. The van der Waals surface area contributed by atoms with Crippen molar-refractivity contribution in [2.45, 2.75) is 44.7 Å². The summed E-state index contributed by atoms with van der Waals surface area (Å²) in [6.07, 6.45) is 4.19. The zero-order chi connectivity index (χ0) is 13.4. The zero-order valence-corrected chi connectivity index (χ0v) is 11.7. The second-order valence-electron chi connectivity index (χ2n) is 5.21. The number of aromatic nitrogens is 1. The van der Waals surface area contributed by atoms with Crippen LogP contribution in [0.5, 0.6) is 0 Å². The van der Waals surface area contributed by atoms with E-state index in [0.29, 0.717) is 5.69 Å². The number of nitrogens with one attached hydrogen (secondary N) is 1. The number of amides is 2. The first-order valence-corrected chi connectivity index (χ1v) is 7.55. The summed E-state index contributed by atoms with van der Waals surface area (Å²) in [5, 5.41) is 5.67. The van der Waals surface area contributed by atoms with Crippen LogP contribution in [0.25, 0.3) is 0 Å². The highest BCUT2D eigenvalue weighted by atomic mass is 32.1. The van der Waals surface area contributed by atoms with Gasteiger partial charge in [-0.2, -0.15) is 0 Å². The minimum atomic E-state index is -0.101. The van der Waals surface area contributed by atoms with Crippen molar-refractivity contribution in [3.8, 4) is 0 Å². The van der Waals surface area contributed by atoms with Gasteiger partial charge in [-0.15, -0.1) is 11.3 Å². The monoisotopic (exact) mass is 279 g/mol. The van der Waals surface area contributed by atoms with Crippen LogP contribution in [0.1, 0.15) is 41.2 Å². The van der Waals surface area contributed by atoms with E-state index in [0.717, 1.165) is 30.7 Å². The Morgan fingerprint density at radius 1 is 1.47 bits per heavy atom. The molecule has 5 nitrogen and oxygen atoms in total. The molecule has 0 radical (unpaired) electrons. The molecule has 1 aromatic rings. The average molecular weight is 279 g/mol. The molecule has 2 atom stereocenters. The molecular formula is C13H17N3O2S. The van der Waals surface area contributed by atoms with Gasteiger partial charge in [-0.1, -0.05) is 12.8 Å². The third kappa shape index (κ3) is 2.36. The molecule has 102 valence electrons. The number of thiazole rings is 1. The highest BCUT2D eigenvalue weighted by molar-refractivity contribution is 7.09. The van der Waals surface area contributed by atoms with Crippen LogP contribution in [0.15, 0.2) is 5.38 Å². The Labute approximate surface area is 116 Å². The van der Waals surface area contributed by atoms with Gasteiger partial charge in [0.15, 0.2) is 0 Å². The van der Waals surface area contributed by atoms with Gasteiger partial charge >= 0.3 is 0 Å². The lowest BCUT2D eigenvalue weighted by Crippen LogP contribution is -2.62. The van der Waals surface area contributed by atoms with Gasteiger partial charge < -0.3 is 10.2 Å². The topological polar surface area (TPSA) is 62.3 Å². The predicted octanol–water partition coefficient (Wildman–Crippen LogP) is 1.33. The Balaban J connectivity index is 1.84. The highest BCUT2D eigenvalue weighted by Crippen LogP contribution is 2.27. The SMILES string of the molecule is Cc1nc(C(=O)N2CC(=O)N[C@@H]3CCCC[C@H]32)cs1. The molecule has 6 heteroatoms. The molecule has 1 aromatic heterocycles. The Hall–Kier alpha value is -1.43. The Morgan fingerprint density at radius 3 is 3.00 bits per heavy atom. The van der Waals surface area contributed by atoms with Gasteiger partial charge in [0, 0.05) is 11.4 Å². The predicted molar refractivity (Wildman–Crippen MR) is 72.1 cm³/mol. The van der Waals surface area contributed by atoms with E-state index in [9.17, 15) is 9.59 Å². The number of hydrogen-bond acceptors (Lipinski definition) is 4. The second kappa shape index (κ2) is 4.92. The summed E-state index contributed by atoms with van der Waals surface area (Å²) >= 11 is 1.47. The molecule has 1 saturated heterocycles. The number of carbonyl (C=O) groups is 2. The molecule has 0 aromatic carbocycles. The second-order valence-corrected chi connectivity index (χ2v) is 6.27. The van der Waals surface area contributed by atoms with Crippen molar-refractivity contribution in [1.82, 2.24) is 15.2 Å². The summed E-state index contributed by atoms with van der Waals surface area (Å²) < 4.78 is 0. The number of hydrogen-bond donors (Lipinski definition) is 1. The summed E-state index contributed by atoms with van der Waals surface area (Å²) in [4.78, 5) is 30.2. The molecule has 1 N–H and O–H groups in total. The smallest absolute Gasteiger partial charge is 0.274 e. The maximum absolute atomic E-state index is 12.5. The van der Waals surface area contributed by atoms with Gasteiger partial charge in [0.25, 0.3) is 5.91 Å². The van der Waals surface area contributed by atoms with Crippen LogP contribution in [0.2, 0.25) is 0 Å². The number of aryl methyl sites for hydroxylation is 1. The molecule has 2 heterocycles. The van der Waals surface area contributed by atoms with Gasteiger partial charge in [-0.05, 0) is 19.8 Å². The van der Waals surface area contributed by atoms with E-state index in [2.05, 4.69) is 10.3 Å². The molecule has 3 rings (SSSR count). The number of rotatable bonds is 1. The molecule has 1 aliphatic heterocycles. The van der Waals surface area contributed by atoms with Crippen LogP contribution in [0.4, 0.5) is 0 Å². The number of piperazine rings is 1. The summed E-state index contributed by atoms with van der Waals surface area (Å²) in [6, 6.07) is 0.264. The molecule has 0 bridgehead atoms. The summed E-state index contributed by atoms with van der Waals surface area (Å²) in [5.41, 5.74) is 0.474. The average Bonchev–Trinajstić information content (AvgIpc) is 2.83. The van der Waals surface area contributed by atoms with Crippen LogP contribution in [0.3, 0.4) is 0 Å². The van der Waals surface area contributed by atoms with Crippen molar-refractivity contribution in [2.75, 3.05) is 6.54 Å². The van der Waals surface area contributed by atoms with E-state index in [1.54, 1.807) is 10.3 Å². The van der Waals surface area contributed by atoms with E-state index in [1.807, 2.05) is 6.92 Å². The third-order valence-corrected chi connectivity index (χ3v) is 4.66. The fourth-order valence-corrected chi connectivity index (χ4v) is 3.60. The Morgan fingerprint density at radius 2 is 2.26 bits per heavy atom. The van der Waals surface area contributed by atoms with E-state index < -0.39 is 0 Å². The minimum absolute atomic E-state index is 0.0524. The van der Waals surface area contributed by atoms with Gasteiger partial charge in [-0.25, -0.2) is 4.98 Å². The first kappa shape index (κ1) is 12.6. The Kier molecular flexibility index (Phi) is 3.26. The quantitative estimate of drug-likeness (QED) is 0.843. The molecule has 1 saturated carbocycles. The van der Waals surface area contributed by atoms with E-state index in [-0.39, 0.29) is 30.4 Å². The van der Waals surface area contributed by atoms with Gasteiger partial charge in [0.2, 0.25) is 5.91 Å². The summed E-state index contributed by atoms with van der Waals surface area (Å²) in [7, 11) is 0. The number of carbonyl (C=O) groups excluding carboxylic acids is 2. The maximum atomic E-state index is 12.5.